The largest absolute Gasteiger partial charge is 0.437 e. The lowest BCUT2D eigenvalue weighted by Crippen LogP contribution is -2.06. The third-order valence-electron chi connectivity index (χ3n) is 3.26. The van der Waals surface area contributed by atoms with Crippen molar-refractivity contribution in [3.8, 4) is 11.6 Å². The Labute approximate surface area is 141 Å². The fourth-order valence-electron chi connectivity index (χ4n) is 2.07. The van der Waals surface area contributed by atoms with Crippen LogP contribution in [0.2, 0.25) is 0 Å². The summed E-state index contributed by atoms with van der Waals surface area (Å²) in [5.74, 6) is 0.786. The van der Waals surface area contributed by atoms with Crippen molar-refractivity contribution >= 4 is 17.2 Å². The van der Waals surface area contributed by atoms with Gasteiger partial charge in [-0.1, -0.05) is 24.3 Å². The number of nitrogen functional groups attached to an aromatic ring is 1. The first-order valence-electron chi connectivity index (χ1n) is 7.21. The van der Waals surface area contributed by atoms with Crippen molar-refractivity contribution in [2.75, 3.05) is 11.1 Å². The lowest BCUT2D eigenvalue weighted by atomic mass is 10.2. The van der Waals surface area contributed by atoms with E-state index in [4.69, 9.17) is 10.5 Å². The second-order valence-electron chi connectivity index (χ2n) is 5.06. The summed E-state index contributed by atoms with van der Waals surface area (Å²) in [6, 6.07) is 13.6. The molecule has 1 heterocycles. The first-order chi connectivity index (χ1) is 11.9. The topological polar surface area (TPSA) is 73.1 Å². The minimum Gasteiger partial charge on any atom is -0.437 e. The molecule has 3 N–H and O–H groups in total. The van der Waals surface area contributed by atoms with Crippen molar-refractivity contribution in [3.05, 3.63) is 66.5 Å². The van der Waals surface area contributed by atoms with Crippen molar-refractivity contribution in [1.29, 1.82) is 0 Å². The van der Waals surface area contributed by atoms with Gasteiger partial charge in [-0.15, -0.1) is 0 Å². The fourth-order valence-corrected chi connectivity index (χ4v) is 2.07. The number of rotatable bonds is 4. The number of anilines is 3. The molecule has 25 heavy (non-hydrogen) atoms. The molecule has 128 valence electrons. The van der Waals surface area contributed by atoms with Crippen molar-refractivity contribution < 1.29 is 17.9 Å². The van der Waals surface area contributed by atoms with Crippen molar-refractivity contribution in [2.45, 2.75) is 6.18 Å². The zero-order valence-electron chi connectivity index (χ0n) is 12.8. The van der Waals surface area contributed by atoms with Crippen LogP contribution in [-0.4, -0.2) is 9.97 Å². The molecule has 3 aromatic rings. The number of hydrogen-bond acceptors (Lipinski definition) is 5. The predicted octanol–water partition coefficient (Wildman–Crippen LogP) is 4.61. The first kappa shape index (κ1) is 16.6. The molecule has 0 spiro atoms. The number of nitrogens with two attached hydrogens (primary N) is 1. The summed E-state index contributed by atoms with van der Waals surface area (Å²) >= 11 is 0. The summed E-state index contributed by atoms with van der Waals surface area (Å²) < 4.78 is 44.0. The predicted molar refractivity (Wildman–Crippen MR) is 87.7 cm³/mol. The van der Waals surface area contributed by atoms with Crippen LogP contribution in [0.5, 0.6) is 11.6 Å². The maximum absolute atomic E-state index is 12.8. The molecule has 0 unspecified atom stereocenters. The van der Waals surface area contributed by atoms with Crippen molar-refractivity contribution in [1.82, 2.24) is 9.97 Å². The Morgan fingerprint density at radius 3 is 2.44 bits per heavy atom. The van der Waals surface area contributed by atoms with Gasteiger partial charge in [0, 0.05) is 5.69 Å². The summed E-state index contributed by atoms with van der Waals surface area (Å²) in [7, 11) is 0. The third kappa shape index (κ3) is 3.97. The van der Waals surface area contributed by atoms with Gasteiger partial charge in [-0.05, 0) is 30.3 Å². The Bertz CT molecular complexity index is 869. The number of benzene rings is 2. The molecule has 2 aromatic carbocycles. The van der Waals surface area contributed by atoms with Gasteiger partial charge < -0.3 is 15.8 Å². The summed E-state index contributed by atoms with van der Waals surface area (Å²) in [6.07, 6.45) is -3.22. The molecule has 8 heteroatoms. The van der Waals surface area contributed by atoms with Gasteiger partial charge in [0.05, 0.1) is 5.56 Å². The van der Waals surface area contributed by atoms with E-state index in [1.165, 1.54) is 18.5 Å². The Morgan fingerprint density at radius 2 is 1.72 bits per heavy atom. The Hall–Kier alpha value is -3.29. The van der Waals surface area contributed by atoms with Crippen LogP contribution in [0, 0.1) is 0 Å². The summed E-state index contributed by atoms with van der Waals surface area (Å²) in [5.41, 5.74) is 5.48. The van der Waals surface area contributed by atoms with Gasteiger partial charge in [0.2, 0.25) is 5.88 Å². The van der Waals surface area contributed by atoms with Gasteiger partial charge >= 0.3 is 6.18 Å². The highest BCUT2D eigenvalue weighted by Gasteiger charge is 2.30. The van der Waals surface area contributed by atoms with E-state index in [2.05, 4.69) is 15.3 Å². The highest BCUT2D eigenvalue weighted by Crippen LogP contribution is 2.33. The van der Waals surface area contributed by atoms with E-state index in [0.717, 1.165) is 12.1 Å². The third-order valence-corrected chi connectivity index (χ3v) is 3.26. The number of hydrogen-bond donors (Lipinski definition) is 2. The Balaban J connectivity index is 1.85. The molecule has 0 atom stereocenters. The summed E-state index contributed by atoms with van der Waals surface area (Å²) in [6.45, 7) is 0. The molecule has 0 bridgehead atoms. The Morgan fingerprint density at radius 1 is 0.960 bits per heavy atom. The smallest absolute Gasteiger partial charge is 0.416 e. The van der Waals surface area contributed by atoms with Crippen molar-refractivity contribution in [3.63, 3.8) is 0 Å². The van der Waals surface area contributed by atoms with Gasteiger partial charge in [0.1, 0.15) is 17.8 Å². The minimum absolute atomic E-state index is 0.0868. The molecule has 1 aromatic heterocycles. The Kier molecular flexibility index (Phi) is 4.42. The zero-order chi connectivity index (χ0) is 17.9. The molecule has 0 fully saturated rings. The van der Waals surface area contributed by atoms with Crippen molar-refractivity contribution in [2.24, 2.45) is 0 Å². The van der Waals surface area contributed by atoms with Crippen LogP contribution in [0.25, 0.3) is 0 Å². The number of nitrogens with zero attached hydrogens (tertiary/aromatic N) is 2. The number of alkyl halides is 3. The van der Waals surface area contributed by atoms with E-state index < -0.39 is 11.7 Å². The molecule has 0 saturated carbocycles. The van der Waals surface area contributed by atoms with Crippen LogP contribution in [0.4, 0.5) is 30.4 Å². The molecule has 0 amide bonds. The molecule has 0 radical (unpaired) electrons. The number of nitrogens with one attached hydrogen (secondary N) is 1. The lowest BCUT2D eigenvalue weighted by molar-refractivity contribution is -0.137. The standard InChI is InChI=1S/C17H13F3N4O/c18-17(19,20)11-5-4-6-12(9-11)24-15-14(21)16(23-10-22-15)25-13-7-2-1-3-8-13/h1-10H,21H2,(H,22,23,24). The second-order valence-corrected chi connectivity index (χ2v) is 5.06. The SMILES string of the molecule is Nc1c(Nc2cccc(C(F)(F)F)c2)ncnc1Oc1ccccc1. The molecular weight excluding hydrogens is 333 g/mol. The van der Waals surface area contributed by atoms with Crippen LogP contribution >= 0.6 is 0 Å². The molecule has 0 saturated heterocycles. The molecular formula is C17H13F3N4O. The van der Waals surface area contributed by atoms with Gasteiger partial charge in [0.15, 0.2) is 5.82 Å². The first-order valence-corrected chi connectivity index (χ1v) is 7.21. The van der Waals surface area contributed by atoms with Crippen LogP contribution < -0.4 is 15.8 Å². The van der Waals surface area contributed by atoms with Crippen LogP contribution in [0.15, 0.2) is 60.9 Å². The number of para-hydroxylation sites is 1. The minimum atomic E-state index is -4.43. The molecule has 0 aliphatic heterocycles. The normalized spacial score (nSPS) is 11.2. The van der Waals surface area contributed by atoms with Gasteiger partial charge in [0.25, 0.3) is 0 Å². The summed E-state index contributed by atoms with van der Waals surface area (Å²) in [5, 5.41) is 2.75. The average molecular weight is 346 g/mol. The van der Waals surface area contributed by atoms with E-state index in [0.29, 0.717) is 5.75 Å². The molecule has 0 aliphatic rings. The molecule has 0 aliphatic carbocycles. The highest BCUT2D eigenvalue weighted by atomic mass is 19.4. The number of halogens is 3. The maximum atomic E-state index is 12.8. The highest BCUT2D eigenvalue weighted by molar-refractivity contribution is 5.72. The average Bonchev–Trinajstić information content (AvgIpc) is 2.59. The van der Waals surface area contributed by atoms with Crippen LogP contribution in [-0.2, 0) is 6.18 Å². The molecule has 5 nitrogen and oxygen atoms in total. The monoisotopic (exact) mass is 346 g/mol. The van der Waals surface area contributed by atoms with Gasteiger partial charge in [-0.2, -0.15) is 18.2 Å². The van der Waals surface area contributed by atoms with Crippen LogP contribution in [0.3, 0.4) is 0 Å². The van der Waals surface area contributed by atoms with Crippen LogP contribution in [0.1, 0.15) is 5.56 Å². The second kappa shape index (κ2) is 6.68. The van der Waals surface area contributed by atoms with Gasteiger partial charge in [-0.25, -0.2) is 4.98 Å². The quantitative estimate of drug-likeness (QED) is 0.721. The van der Waals surface area contributed by atoms with E-state index in [1.54, 1.807) is 24.3 Å². The van der Waals surface area contributed by atoms with E-state index in [9.17, 15) is 13.2 Å². The molecule has 3 rings (SSSR count). The van der Waals surface area contributed by atoms with E-state index in [-0.39, 0.29) is 23.1 Å². The lowest BCUT2D eigenvalue weighted by Gasteiger charge is -2.13. The number of ether oxygens (including phenoxy) is 1. The zero-order valence-corrected chi connectivity index (χ0v) is 12.8. The number of aromatic nitrogens is 2. The van der Waals surface area contributed by atoms with E-state index in [1.807, 2.05) is 6.07 Å². The summed E-state index contributed by atoms with van der Waals surface area (Å²) in [4.78, 5) is 7.91. The van der Waals surface area contributed by atoms with Gasteiger partial charge in [-0.3, -0.25) is 0 Å². The fraction of sp³-hybridized carbons (Fsp3) is 0.0588. The van der Waals surface area contributed by atoms with E-state index >= 15 is 0 Å². The maximum Gasteiger partial charge on any atom is 0.416 e.